The molecule has 2 aromatic heterocycles. The Bertz CT molecular complexity index is 3780. The molecule has 0 bridgehead atoms. The maximum Gasteiger partial charge on any atom is 0.294 e. The lowest BCUT2D eigenvalue weighted by Crippen LogP contribution is -2.28. The fraction of sp³-hybridized carbons (Fsp3) is 0.396. The summed E-state index contributed by atoms with van der Waals surface area (Å²) in [5, 5.41) is 19.7. The first kappa shape index (κ1) is 63.0. The molecule has 2 aliphatic rings. The third kappa shape index (κ3) is 16.5. The van der Waals surface area contributed by atoms with Gasteiger partial charge in [0.2, 0.25) is 27.0 Å². The van der Waals surface area contributed by atoms with Crippen molar-refractivity contribution in [1.29, 1.82) is 0 Å². The van der Waals surface area contributed by atoms with E-state index in [2.05, 4.69) is 31.1 Å². The van der Waals surface area contributed by atoms with Gasteiger partial charge >= 0.3 is 0 Å². The summed E-state index contributed by atoms with van der Waals surface area (Å²) in [5.74, 6) is -2.61. The maximum absolute atomic E-state index is 13.3. The summed E-state index contributed by atoms with van der Waals surface area (Å²) in [6, 6.07) is 11.0. The Morgan fingerprint density at radius 2 is 1.44 bits per heavy atom. The Balaban J connectivity index is 1.24. The number of hydrogen-bond acceptors (Lipinski definition) is 19. The molecule has 0 unspecified atom stereocenters. The van der Waals surface area contributed by atoms with Gasteiger partial charge in [0.15, 0.2) is 5.71 Å². The Labute approximate surface area is 467 Å². The molecule has 0 saturated carbocycles. The Morgan fingerprint density at radius 3 is 2.05 bits per heavy atom. The number of carbonyl (C=O) groups is 3. The molecular weight excluding hydrogens is 1170 g/mol. The van der Waals surface area contributed by atoms with Crippen LogP contribution >= 0.6 is 11.3 Å². The number of benzene rings is 2. The summed E-state index contributed by atoms with van der Waals surface area (Å²) in [5.41, 5.74) is 1.74. The summed E-state index contributed by atoms with van der Waals surface area (Å²) in [4.78, 5) is 43.5. The number of nitrogens with zero attached hydrogens (tertiary/aromatic N) is 5. The van der Waals surface area contributed by atoms with Crippen LogP contribution in [0.25, 0.3) is 5.57 Å². The van der Waals surface area contributed by atoms with Gasteiger partial charge in [-0.1, -0.05) is 37.7 Å². The second kappa shape index (κ2) is 24.9. The van der Waals surface area contributed by atoms with Crippen LogP contribution < -0.4 is 26.0 Å². The van der Waals surface area contributed by atoms with Gasteiger partial charge in [-0.3, -0.25) is 33.0 Å². The second-order valence-corrected chi connectivity index (χ2v) is 28.2. The number of rotatable bonds is 26. The number of aromatic nitrogens is 3. The topological polar surface area (TPSA) is 413 Å². The van der Waals surface area contributed by atoms with Gasteiger partial charge in [-0.15, -0.1) is 10.2 Å². The number of sulfonamides is 1. The molecule has 0 atom stereocenters. The summed E-state index contributed by atoms with van der Waals surface area (Å²) in [6.45, 7) is 7.38. The minimum atomic E-state index is -4.66. The first-order chi connectivity index (χ1) is 37.1. The van der Waals surface area contributed by atoms with E-state index in [-0.39, 0.29) is 78.3 Å². The van der Waals surface area contributed by atoms with E-state index >= 15 is 0 Å². The number of anilines is 2. The number of fused-ring (bicyclic) bond motifs is 2. The predicted molar refractivity (Wildman–Crippen MR) is 294 cm³/mol. The lowest BCUT2D eigenvalue weighted by Gasteiger charge is -2.27. The Kier molecular flexibility index (Phi) is 19.6. The van der Waals surface area contributed by atoms with Crippen LogP contribution in [0, 0.1) is 0 Å². The largest absolute Gasteiger partial charge is 0.748 e. The second-order valence-electron chi connectivity index (χ2n) is 19.6. The zero-order valence-corrected chi connectivity index (χ0v) is 48.4. The van der Waals surface area contributed by atoms with Gasteiger partial charge in [-0.05, 0) is 93.3 Å². The maximum atomic E-state index is 13.3. The Hall–Kier alpha value is -6.20. The minimum absolute atomic E-state index is 0.00389. The number of unbranched alkanes of at least 4 members (excludes halogenated alkanes) is 2. The van der Waals surface area contributed by atoms with E-state index < -0.39 is 89.0 Å². The smallest absolute Gasteiger partial charge is 0.294 e. The van der Waals surface area contributed by atoms with Gasteiger partial charge in [0.1, 0.15) is 6.54 Å². The molecule has 2 aliphatic heterocycles. The van der Waals surface area contributed by atoms with Crippen LogP contribution in [0.4, 0.5) is 16.5 Å². The van der Waals surface area contributed by atoms with E-state index in [4.69, 9.17) is 5.14 Å². The van der Waals surface area contributed by atoms with E-state index in [1.165, 1.54) is 48.7 Å². The van der Waals surface area contributed by atoms with Crippen molar-refractivity contribution in [3.8, 4) is 0 Å². The average Bonchev–Trinajstić information content (AvgIpc) is 3.97. The molecule has 0 radical (unpaired) electrons. The average molecular weight is 1230 g/mol. The number of allylic oxidation sites excluding steroid dienone is 6. The molecule has 3 amide bonds. The van der Waals surface area contributed by atoms with Crippen molar-refractivity contribution < 1.29 is 79.3 Å². The molecule has 434 valence electrons. The van der Waals surface area contributed by atoms with Crippen molar-refractivity contribution in [2.45, 2.75) is 97.6 Å². The van der Waals surface area contributed by atoms with E-state index in [0.29, 0.717) is 75.8 Å². The number of hydrogen-bond donors (Lipinski definition) is 7. The van der Waals surface area contributed by atoms with Crippen LogP contribution in [-0.2, 0) is 70.9 Å². The van der Waals surface area contributed by atoms with E-state index in [1.807, 2.05) is 0 Å². The molecule has 0 aliphatic carbocycles. The van der Waals surface area contributed by atoms with Crippen LogP contribution in [0.5, 0.6) is 0 Å². The fourth-order valence-electron chi connectivity index (χ4n) is 9.03. The number of pyridine rings is 1. The number of primary sulfonamides is 1. The molecule has 4 heterocycles. The highest BCUT2D eigenvalue weighted by Crippen LogP contribution is 2.49. The minimum Gasteiger partial charge on any atom is -0.748 e. The molecule has 4 aromatic rings. The standard InChI is InChI=1S/C48H59N9O17S6/c1-47(2)35-28-33(79(69,70)71)14-17-38(35)56(24-8-26-76(61,62)63)40(47)19-12-31(13-20-41-48(3,4)36-29-34(80(72,73)74)15-18-39(36)57(41)25-9-27-77(64,65)66)37-16-11-32(30-52-37)44(60)51-22-7-5-6-10-42(58)50-23-21-43(59)53-45-54-55-46(75-45)78(49,67)68/h11-20,28-30H,5-10,21-27H2,1-4H3,(H8-,49,50,51,53,54,58,59,60,61,62,63,64,65,66,67,68,69,70,71,72,73,74). The van der Waals surface area contributed by atoms with Crippen molar-refractivity contribution in [2.75, 3.05) is 47.9 Å². The summed E-state index contributed by atoms with van der Waals surface area (Å²) < 4.78 is 161. The van der Waals surface area contributed by atoms with Crippen LogP contribution in [-0.4, -0.2) is 141 Å². The van der Waals surface area contributed by atoms with Gasteiger partial charge in [-0.2, -0.15) is 29.8 Å². The molecule has 26 nitrogen and oxygen atoms in total. The lowest BCUT2D eigenvalue weighted by atomic mass is 9.81. The highest BCUT2D eigenvalue weighted by atomic mass is 32.3. The molecule has 0 fully saturated rings. The lowest BCUT2D eigenvalue weighted by molar-refractivity contribution is -0.437. The summed E-state index contributed by atoms with van der Waals surface area (Å²) in [6.07, 6.45) is 9.42. The predicted octanol–water partition coefficient (Wildman–Crippen LogP) is 3.42. The van der Waals surface area contributed by atoms with Gasteiger partial charge in [0.05, 0.1) is 42.3 Å². The highest BCUT2D eigenvalue weighted by molar-refractivity contribution is 7.91. The molecule has 32 heteroatoms. The highest BCUT2D eigenvalue weighted by Gasteiger charge is 2.45. The van der Waals surface area contributed by atoms with Gasteiger partial charge in [0.25, 0.3) is 46.3 Å². The first-order valence-electron chi connectivity index (χ1n) is 24.4. The third-order valence-electron chi connectivity index (χ3n) is 13.0. The number of carbonyl (C=O) groups excluding carboxylic acids is 3. The van der Waals surface area contributed by atoms with Crippen molar-refractivity contribution in [1.82, 2.24) is 25.8 Å². The third-order valence-corrected chi connectivity index (χ3v) is 18.4. The monoisotopic (exact) mass is 1230 g/mol. The SMILES string of the molecule is CC1(C)C(=CC=C(C=CC2=[N+](CCCS(=O)(=O)[O-])c3ccc(S(=O)(=O)O)cc3C2(C)C)c2ccc(C(=O)NCCCCCC(=O)NCCC(=O)Nc3nnc(S(N)(=O)=O)s3)cn2)N(CCCS(=O)(=O)O)c2ccc(S(=O)(=O)O)cc21. The van der Waals surface area contributed by atoms with E-state index in [9.17, 15) is 74.7 Å². The molecule has 0 saturated heterocycles. The van der Waals surface area contributed by atoms with Crippen molar-refractivity contribution >= 4 is 107 Å². The first-order valence-corrected chi connectivity index (χ1v) is 32.8. The molecule has 80 heavy (non-hydrogen) atoms. The normalized spacial score (nSPS) is 16.0. The molecular formula is C48H59N9O17S6. The number of amides is 3. The van der Waals surface area contributed by atoms with Gasteiger partial charge < -0.3 is 25.4 Å². The Morgan fingerprint density at radius 1 is 0.762 bits per heavy atom. The van der Waals surface area contributed by atoms with Crippen molar-refractivity contribution in [3.05, 3.63) is 107 Å². The summed E-state index contributed by atoms with van der Waals surface area (Å²) in [7, 11) is -22.4. The number of nitrogens with two attached hydrogens (primary N) is 1. The summed E-state index contributed by atoms with van der Waals surface area (Å²) >= 11 is 0.581. The van der Waals surface area contributed by atoms with Crippen molar-refractivity contribution in [3.63, 3.8) is 0 Å². The van der Waals surface area contributed by atoms with Crippen molar-refractivity contribution in [2.24, 2.45) is 5.14 Å². The van der Waals surface area contributed by atoms with Crippen LogP contribution in [0.3, 0.4) is 0 Å². The fourth-order valence-corrected chi connectivity index (χ4v) is 12.4. The zero-order chi connectivity index (χ0) is 59.2. The number of nitrogens with one attached hydrogen (secondary N) is 3. The zero-order valence-electron chi connectivity index (χ0n) is 43.5. The van der Waals surface area contributed by atoms with Crippen LogP contribution in [0.15, 0.2) is 98.9 Å². The van der Waals surface area contributed by atoms with E-state index in [1.54, 1.807) is 67.5 Å². The molecule has 0 spiro atoms. The van der Waals surface area contributed by atoms with Gasteiger partial charge in [0, 0.05) is 90.9 Å². The van der Waals surface area contributed by atoms with Crippen LogP contribution in [0.1, 0.15) is 99.8 Å². The van der Waals surface area contributed by atoms with Gasteiger partial charge in [-0.25, -0.2) is 22.0 Å². The van der Waals surface area contributed by atoms with Crippen LogP contribution in [0.2, 0.25) is 0 Å². The van der Waals surface area contributed by atoms with E-state index in [0.717, 1.165) is 0 Å². The molecule has 8 N–H and O–H groups in total. The molecule has 6 rings (SSSR count). The quantitative estimate of drug-likeness (QED) is 0.0156. The molecule has 2 aromatic carbocycles.